The first-order chi connectivity index (χ1) is 11.0. The lowest BCUT2D eigenvalue weighted by atomic mass is 9.98. The van der Waals surface area contributed by atoms with Gasteiger partial charge in [-0.2, -0.15) is 0 Å². The molecule has 23 heavy (non-hydrogen) atoms. The first kappa shape index (κ1) is 15.7. The predicted octanol–water partition coefficient (Wildman–Crippen LogP) is 2.13. The Labute approximate surface area is 138 Å². The molecular weight excluding hydrogens is 314 g/mol. The molecule has 124 valence electrons. The normalized spacial score (nSPS) is 16.1. The lowest BCUT2D eigenvalue weighted by Crippen LogP contribution is -2.31. The highest BCUT2D eigenvalue weighted by atomic mass is 32.1. The van der Waals surface area contributed by atoms with Crippen molar-refractivity contribution in [1.82, 2.24) is 13.7 Å². The van der Waals surface area contributed by atoms with E-state index in [1.165, 1.54) is 22.7 Å². The molecule has 0 radical (unpaired) electrons. The average Bonchev–Trinajstić information content (AvgIpc) is 2.43. The van der Waals surface area contributed by atoms with Crippen molar-refractivity contribution in [2.45, 2.75) is 32.5 Å². The average molecular weight is 335 g/mol. The molecule has 1 aliphatic rings. The third-order valence-corrected chi connectivity index (χ3v) is 5.05. The molecule has 2 heterocycles. The molecule has 3 rings (SSSR count). The molecule has 0 fully saturated rings. The standard InChI is InChI=1S/C15H21N5O2S/c1-9-3-5-10(6-4-9)11-8-23-20(11)12(21)7-19-13(14(16)22)15(17-2)18-19/h3,5,8,12,17-18,21H,4,6-7H2,1-2H3,(H2,16,22). The van der Waals surface area contributed by atoms with Gasteiger partial charge in [0.15, 0.2) is 11.9 Å². The molecule has 0 bridgehead atoms. The van der Waals surface area contributed by atoms with Gasteiger partial charge in [-0.25, -0.2) is 0 Å². The molecule has 0 saturated carbocycles. The Morgan fingerprint density at radius 1 is 1.52 bits per heavy atom. The monoisotopic (exact) mass is 335 g/mol. The maximum absolute atomic E-state index is 11.5. The second-order valence-electron chi connectivity index (χ2n) is 5.68. The molecule has 7 nitrogen and oxygen atoms in total. The van der Waals surface area contributed by atoms with Crippen molar-refractivity contribution in [2.24, 2.45) is 5.73 Å². The van der Waals surface area contributed by atoms with Crippen molar-refractivity contribution in [2.75, 3.05) is 12.4 Å². The highest BCUT2D eigenvalue weighted by Gasteiger charge is 2.23. The number of aliphatic hydroxyl groups excluding tert-OH is 1. The van der Waals surface area contributed by atoms with Crippen molar-refractivity contribution >= 4 is 28.8 Å². The number of carbonyl (C=O) groups excluding carboxylic acids is 1. The maximum Gasteiger partial charge on any atom is 0.270 e. The number of aliphatic hydroxyl groups is 1. The van der Waals surface area contributed by atoms with E-state index in [1.807, 2.05) is 9.34 Å². The number of anilines is 1. The molecular formula is C15H21N5O2S. The third kappa shape index (κ3) is 2.87. The number of carbonyl (C=O) groups is 1. The zero-order valence-electron chi connectivity index (χ0n) is 13.2. The Morgan fingerprint density at radius 3 is 2.83 bits per heavy atom. The first-order valence-electron chi connectivity index (χ1n) is 7.48. The van der Waals surface area contributed by atoms with Gasteiger partial charge in [-0.1, -0.05) is 29.3 Å². The van der Waals surface area contributed by atoms with E-state index in [-0.39, 0.29) is 6.54 Å². The van der Waals surface area contributed by atoms with Gasteiger partial charge < -0.3 is 16.2 Å². The minimum absolute atomic E-state index is 0.246. The maximum atomic E-state index is 11.5. The Balaban J connectivity index is 1.74. The lowest BCUT2D eigenvalue weighted by molar-refractivity contribution is 0.0824. The minimum atomic E-state index is -0.742. The highest BCUT2D eigenvalue weighted by molar-refractivity contribution is 7.05. The van der Waals surface area contributed by atoms with Crippen LogP contribution in [0.2, 0.25) is 0 Å². The van der Waals surface area contributed by atoms with Gasteiger partial charge in [-0.05, 0) is 25.3 Å². The zero-order valence-corrected chi connectivity index (χ0v) is 14.0. The predicted molar refractivity (Wildman–Crippen MR) is 91.4 cm³/mol. The van der Waals surface area contributed by atoms with Crippen molar-refractivity contribution in [3.8, 4) is 0 Å². The Bertz CT molecular complexity index is 773. The van der Waals surface area contributed by atoms with Crippen LogP contribution in [0.5, 0.6) is 0 Å². The summed E-state index contributed by atoms with van der Waals surface area (Å²) in [5.74, 6) is 0.0512. The number of aromatic nitrogens is 3. The van der Waals surface area contributed by atoms with Gasteiger partial charge in [0.2, 0.25) is 0 Å². The second kappa shape index (κ2) is 6.13. The molecule has 0 saturated heterocycles. The van der Waals surface area contributed by atoms with Crippen molar-refractivity contribution in [3.63, 3.8) is 0 Å². The van der Waals surface area contributed by atoms with Gasteiger partial charge in [0, 0.05) is 12.4 Å². The van der Waals surface area contributed by atoms with Crippen LogP contribution >= 0.6 is 11.5 Å². The number of hydrogen-bond donors (Lipinski definition) is 4. The number of nitrogens with zero attached hydrogens (tertiary/aromatic N) is 2. The van der Waals surface area contributed by atoms with E-state index in [0.29, 0.717) is 11.5 Å². The number of rotatable bonds is 6. The molecule has 2 aromatic heterocycles. The fraction of sp³-hybridized carbons (Fsp3) is 0.400. The molecule has 1 unspecified atom stereocenters. The summed E-state index contributed by atoms with van der Waals surface area (Å²) in [5, 5.41) is 18.3. The molecule has 0 spiro atoms. The van der Waals surface area contributed by atoms with Crippen LogP contribution in [0.15, 0.2) is 23.1 Å². The highest BCUT2D eigenvalue weighted by Crippen LogP contribution is 2.32. The Morgan fingerprint density at radius 2 is 2.30 bits per heavy atom. The number of nitrogens with two attached hydrogens (primary N) is 1. The molecule has 1 amide bonds. The lowest BCUT2D eigenvalue weighted by Gasteiger charge is -2.27. The van der Waals surface area contributed by atoms with Crippen molar-refractivity contribution in [1.29, 1.82) is 0 Å². The van der Waals surface area contributed by atoms with Crippen LogP contribution < -0.4 is 11.1 Å². The summed E-state index contributed by atoms with van der Waals surface area (Å²) in [4.78, 5) is 11.5. The third-order valence-electron chi connectivity index (χ3n) is 4.06. The molecule has 1 atom stereocenters. The smallest absolute Gasteiger partial charge is 0.270 e. The topological polar surface area (TPSA) is 101 Å². The van der Waals surface area contributed by atoms with Gasteiger partial charge in [0.05, 0.1) is 12.2 Å². The summed E-state index contributed by atoms with van der Waals surface area (Å²) in [6.45, 7) is 2.37. The Hall–Kier alpha value is -2.19. The molecule has 5 N–H and O–H groups in total. The number of nitrogens with one attached hydrogen (secondary N) is 2. The van der Waals surface area contributed by atoms with Gasteiger partial charge in [-0.3, -0.25) is 18.5 Å². The second-order valence-corrected chi connectivity index (χ2v) is 6.52. The largest absolute Gasteiger partial charge is 0.372 e. The van der Waals surface area contributed by atoms with Crippen LogP contribution in [0.4, 0.5) is 5.82 Å². The van der Waals surface area contributed by atoms with Gasteiger partial charge in [-0.15, -0.1) is 0 Å². The molecule has 0 aliphatic heterocycles. The van der Waals surface area contributed by atoms with E-state index in [9.17, 15) is 9.90 Å². The summed E-state index contributed by atoms with van der Waals surface area (Å²) in [7, 11) is 1.70. The molecule has 1 aliphatic carbocycles. The quantitative estimate of drug-likeness (QED) is 0.650. The van der Waals surface area contributed by atoms with Gasteiger partial charge in [0.1, 0.15) is 5.82 Å². The number of allylic oxidation sites excluding steroid dienone is 4. The first-order valence-corrected chi connectivity index (χ1v) is 8.32. The summed E-state index contributed by atoms with van der Waals surface area (Å²) < 4.78 is 3.42. The van der Waals surface area contributed by atoms with Crippen LogP contribution in [0.25, 0.3) is 5.57 Å². The SMILES string of the molecule is CNc1[nH]n(CC(O)n2scc2C2=CC=C(C)CC2)c1C(N)=O. The van der Waals surface area contributed by atoms with Crippen LogP contribution in [0.3, 0.4) is 0 Å². The molecule has 8 heteroatoms. The number of H-pyrrole nitrogens is 1. The molecule has 2 aromatic rings. The van der Waals surface area contributed by atoms with E-state index in [2.05, 4.69) is 29.5 Å². The summed E-state index contributed by atoms with van der Waals surface area (Å²) >= 11 is 1.47. The van der Waals surface area contributed by atoms with Crippen LogP contribution in [0.1, 0.15) is 42.2 Å². The number of primary amides is 1. The van der Waals surface area contributed by atoms with Gasteiger partial charge >= 0.3 is 0 Å². The number of aromatic amines is 1. The van der Waals surface area contributed by atoms with E-state index < -0.39 is 12.1 Å². The van der Waals surface area contributed by atoms with Crippen LogP contribution in [-0.2, 0) is 6.54 Å². The van der Waals surface area contributed by atoms with E-state index in [0.717, 1.165) is 18.5 Å². The number of amides is 1. The van der Waals surface area contributed by atoms with Crippen molar-refractivity contribution < 1.29 is 9.90 Å². The summed E-state index contributed by atoms with van der Waals surface area (Å²) in [5.41, 5.74) is 9.37. The number of hydrogen-bond acceptors (Lipinski definition) is 4. The Kier molecular flexibility index (Phi) is 4.18. The fourth-order valence-electron chi connectivity index (χ4n) is 2.70. The summed E-state index contributed by atoms with van der Waals surface area (Å²) in [6.07, 6.45) is 5.52. The van der Waals surface area contributed by atoms with E-state index in [1.54, 1.807) is 11.7 Å². The van der Waals surface area contributed by atoms with Crippen LogP contribution in [0, 0.1) is 0 Å². The van der Waals surface area contributed by atoms with E-state index in [4.69, 9.17) is 5.73 Å². The summed E-state index contributed by atoms with van der Waals surface area (Å²) in [6, 6.07) is 0. The zero-order chi connectivity index (χ0) is 16.6. The van der Waals surface area contributed by atoms with E-state index >= 15 is 0 Å². The van der Waals surface area contributed by atoms with Gasteiger partial charge in [0.25, 0.3) is 5.91 Å². The van der Waals surface area contributed by atoms with Crippen molar-refractivity contribution in [3.05, 3.63) is 34.5 Å². The fourth-order valence-corrected chi connectivity index (χ4v) is 3.51. The minimum Gasteiger partial charge on any atom is -0.372 e. The van der Waals surface area contributed by atoms with Crippen LogP contribution in [-0.4, -0.2) is 31.8 Å². The molecule has 0 aromatic carbocycles.